The second kappa shape index (κ2) is 3.79. The largest absolute Gasteiger partial charge is 0.465 e. The Labute approximate surface area is 81.1 Å². The van der Waals surface area contributed by atoms with Crippen molar-refractivity contribution in [1.29, 1.82) is 0 Å². The highest BCUT2D eigenvalue weighted by Gasteiger charge is 2.10. The van der Waals surface area contributed by atoms with Crippen LogP contribution in [0.4, 0.5) is 4.39 Å². The molecule has 1 aromatic rings. The molecule has 2 nitrogen and oxygen atoms in total. The number of benzene rings is 1. The monoisotopic (exact) mass is 200 g/mol. The number of carbonyl (C=O) groups excluding carboxylic acids is 1. The molecule has 0 N–H and O–H groups in total. The summed E-state index contributed by atoms with van der Waals surface area (Å²) in [5.41, 5.74) is 0.694. The van der Waals surface area contributed by atoms with Gasteiger partial charge in [-0.1, -0.05) is 0 Å². The van der Waals surface area contributed by atoms with E-state index in [-0.39, 0.29) is 4.90 Å². The Morgan fingerprint density at radius 3 is 2.62 bits per heavy atom. The number of aryl methyl sites for hydroxylation is 1. The van der Waals surface area contributed by atoms with Crippen LogP contribution in [0.1, 0.15) is 15.9 Å². The van der Waals surface area contributed by atoms with Crippen molar-refractivity contribution < 1.29 is 13.9 Å². The molecule has 0 heterocycles. The SMILES string of the molecule is COC(=O)c1cc(C)c(F)c(S)c1. The number of halogens is 1. The van der Waals surface area contributed by atoms with E-state index in [1.807, 2.05) is 0 Å². The fourth-order valence-electron chi connectivity index (χ4n) is 0.987. The molecule has 1 rings (SSSR count). The summed E-state index contributed by atoms with van der Waals surface area (Å²) in [4.78, 5) is 11.2. The predicted octanol–water partition coefficient (Wildman–Crippen LogP) is 2.21. The number of methoxy groups -OCH3 is 1. The van der Waals surface area contributed by atoms with E-state index >= 15 is 0 Å². The molecule has 13 heavy (non-hydrogen) atoms. The van der Waals surface area contributed by atoms with E-state index in [2.05, 4.69) is 17.4 Å². The molecule has 0 unspecified atom stereocenters. The number of hydrogen-bond acceptors (Lipinski definition) is 3. The molecule has 0 spiro atoms. The van der Waals surface area contributed by atoms with Gasteiger partial charge >= 0.3 is 5.97 Å². The Hall–Kier alpha value is -1.03. The molecule has 0 saturated heterocycles. The first-order chi connectivity index (χ1) is 6.06. The van der Waals surface area contributed by atoms with Gasteiger partial charge in [-0.15, -0.1) is 12.6 Å². The summed E-state index contributed by atoms with van der Waals surface area (Å²) in [5, 5.41) is 0. The lowest BCUT2D eigenvalue weighted by atomic mass is 10.1. The molecule has 4 heteroatoms. The van der Waals surface area contributed by atoms with Crippen LogP contribution in [0, 0.1) is 12.7 Å². The fraction of sp³-hybridized carbons (Fsp3) is 0.222. The average Bonchev–Trinajstić information content (AvgIpc) is 2.12. The third-order valence-electron chi connectivity index (χ3n) is 1.66. The summed E-state index contributed by atoms with van der Waals surface area (Å²) in [5.74, 6) is -0.894. The summed E-state index contributed by atoms with van der Waals surface area (Å²) in [6.07, 6.45) is 0. The van der Waals surface area contributed by atoms with E-state index in [4.69, 9.17) is 0 Å². The normalized spacial score (nSPS) is 9.85. The van der Waals surface area contributed by atoms with Crippen molar-refractivity contribution in [1.82, 2.24) is 0 Å². The molecule has 1 aromatic carbocycles. The highest BCUT2D eigenvalue weighted by atomic mass is 32.1. The van der Waals surface area contributed by atoms with Gasteiger partial charge in [0.2, 0.25) is 0 Å². The van der Waals surface area contributed by atoms with Crippen LogP contribution in [0.25, 0.3) is 0 Å². The van der Waals surface area contributed by atoms with Gasteiger partial charge in [0, 0.05) is 4.90 Å². The average molecular weight is 200 g/mol. The van der Waals surface area contributed by atoms with Gasteiger partial charge in [-0.25, -0.2) is 9.18 Å². The van der Waals surface area contributed by atoms with Crippen molar-refractivity contribution >= 4 is 18.6 Å². The van der Waals surface area contributed by atoms with Crippen LogP contribution < -0.4 is 0 Å². The van der Waals surface area contributed by atoms with E-state index < -0.39 is 11.8 Å². The number of hydrogen-bond donors (Lipinski definition) is 1. The molecule has 0 amide bonds. The van der Waals surface area contributed by atoms with Gasteiger partial charge in [-0.2, -0.15) is 0 Å². The van der Waals surface area contributed by atoms with E-state index in [0.717, 1.165) is 0 Å². The second-order valence-electron chi connectivity index (χ2n) is 2.62. The zero-order valence-corrected chi connectivity index (χ0v) is 8.19. The highest BCUT2D eigenvalue weighted by Crippen LogP contribution is 2.19. The smallest absolute Gasteiger partial charge is 0.337 e. The van der Waals surface area contributed by atoms with Gasteiger partial charge in [0.25, 0.3) is 0 Å². The van der Waals surface area contributed by atoms with Crippen molar-refractivity contribution in [3.8, 4) is 0 Å². The minimum Gasteiger partial charge on any atom is -0.465 e. The molecule has 0 aliphatic carbocycles. The zero-order chi connectivity index (χ0) is 10.0. The topological polar surface area (TPSA) is 26.3 Å². The first-order valence-electron chi connectivity index (χ1n) is 3.63. The van der Waals surface area contributed by atoms with Crippen molar-refractivity contribution in [2.24, 2.45) is 0 Å². The van der Waals surface area contributed by atoms with E-state index in [0.29, 0.717) is 11.1 Å². The third kappa shape index (κ3) is 2.01. The number of ether oxygens (including phenoxy) is 1. The first-order valence-corrected chi connectivity index (χ1v) is 4.08. The molecule has 0 aromatic heterocycles. The van der Waals surface area contributed by atoms with Gasteiger partial charge in [0.15, 0.2) is 0 Å². The van der Waals surface area contributed by atoms with E-state index in [9.17, 15) is 9.18 Å². The highest BCUT2D eigenvalue weighted by molar-refractivity contribution is 7.80. The lowest BCUT2D eigenvalue weighted by Gasteiger charge is -2.03. The van der Waals surface area contributed by atoms with Gasteiger partial charge in [0.05, 0.1) is 12.7 Å². The zero-order valence-electron chi connectivity index (χ0n) is 7.30. The fourth-order valence-corrected chi connectivity index (χ4v) is 1.30. The Morgan fingerprint density at radius 1 is 1.54 bits per heavy atom. The van der Waals surface area contributed by atoms with E-state index in [1.54, 1.807) is 6.92 Å². The molecular formula is C9H9FO2S. The molecule has 0 bridgehead atoms. The van der Waals surface area contributed by atoms with Crippen molar-refractivity contribution in [2.45, 2.75) is 11.8 Å². The van der Waals surface area contributed by atoms with Gasteiger partial charge in [-0.3, -0.25) is 0 Å². The van der Waals surface area contributed by atoms with E-state index in [1.165, 1.54) is 19.2 Å². The van der Waals surface area contributed by atoms with Crippen molar-refractivity contribution in [3.63, 3.8) is 0 Å². The maximum absolute atomic E-state index is 13.0. The Morgan fingerprint density at radius 2 is 2.15 bits per heavy atom. The van der Waals surface area contributed by atoms with Crippen LogP contribution in [-0.4, -0.2) is 13.1 Å². The molecule has 70 valence electrons. The minimum absolute atomic E-state index is 0.153. The lowest BCUT2D eigenvalue weighted by Crippen LogP contribution is -2.02. The molecule has 0 fully saturated rings. The lowest BCUT2D eigenvalue weighted by molar-refractivity contribution is 0.0600. The van der Waals surface area contributed by atoms with Crippen LogP contribution in [0.15, 0.2) is 17.0 Å². The quantitative estimate of drug-likeness (QED) is 0.555. The Bertz CT molecular complexity index is 326. The van der Waals surface area contributed by atoms with Gasteiger partial charge < -0.3 is 4.74 Å². The molecule has 0 atom stereocenters. The second-order valence-corrected chi connectivity index (χ2v) is 3.10. The minimum atomic E-state index is -0.488. The number of thiol groups is 1. The van der Waals surface area contributed by atoms with Crippen molar-refractivity contribution in [2.75, 3.05) is 7.11 Å². The molecule has 0 aliphatic rings. The maximum atomic E-state index is 13.0. The summed E-state index contributed by atoms with van der Waals surface area (Å²) in [6.45, 7) is 1.57. The maximum Gasteiger partial charge on any atom is 0.337 e. The number of carbonyl (C=O) groups is 1. The molecule has 0 radical (unpaired) electrons. The summed E-state index contributed by atoms with van der Waals surface area (Å²) < 4.78 is 17.5. The summed E-state index contributed by atoms with van der Waals surface area (Å²) in [6, 6.07) is 2.78. The van der Waals surface area contributed by atoms with Crippen LogP contribution in [-0.2, 0) is 4.74 Å². The van der Waals surface area contributed by atoms with Crippen molar-refractivity contribution in [3.05, 3.63) is 29.1 Å². The van der Waals surface area contributed by atoms with Crippen LogP contribution >= 0.6 is 12.6 Å². The van der Waals surface area contributed by atoms with Crippen LogP contribution in [0.3, 0.4) is 0 Å². The van der Waals surface area contributed by atoms with Gasteiger partial charge in [0.1, 0.15) is 5.82 Å². The third-order valence-corrected chi connectivity index (χ3v) is 1.98. The number of esters is 1. The first kappa shape index (κ1) is 10.1. The summed E-state index contributed by atoms with van der Waals surface area (Å²) in [7, 11) is 1.28. The standard InChI is InChI=1S/C9H9FO2S/c1-5-3-6(9(11)12-2)4-7(13)8(5)10/h3-4,13H,1-2H3. The van der Waals surface area contributed by atoms with Crippen LogP contribution in [0.2, 0.25) is 0 Å². The Kier molecular flexibility index (Phi) is 2.93. The number of rotatable bonds is 1. The molecular weight excluding hydrogens is 191 g/mol. The summed E-state index contributed by atoms with van der Waals surface area (Å²) >= 11 is 3.89. The van der Waals surface area contributed by atoms with Crippen LogP contribution in [0.5, 0.6) is 0 Å². The Balaban J connectivity index is 3.20. The predicted molar refractivity (Wildman–Crippen MR) is 49.7 cm³/mol. The molecule has 0 aliphatic heterocycles. The molecule has 0 saturated carbocycles. The van der Waals surface area contributed by atoms with Gasteiger partial charge in [-0.05, 0) is 24.6 Å².